The summed E-state index contributed by atoms with van der Waals surface area (Å²) in [5.41, 5.74) is 4.99. The molecule has 282 valence electrons. The number of cyclic esters (lactones) is 1. The molecule has 2 aliphatic rings. The van der Waals surface area contributed by atoms with Crippen LogP contribution in [0.4, 0.5) is 0 Å². The number of carbonyl (C=O) groups is 2. The Labute approximate surface area is 317 Å². The summed E-state index contributed by atoms with van der Waals surface area (Å²) in [7, 11) is 0. The van der Waals surface area contributed by atoms with E-state index in [1.807, 2.05) is 42.5 Å². The Morgan fingerprint density at radius 2 is 1.60 bits per heavy atom. The van der Waals surface area contributed by atoms with Gasteiger partial charge in [-0.25, -0.2) is 4.79 Å². The van der Waals surface area contributed by atoms with Crippen LogP contribution in [0.15, 0.2) is 84.4 Å². The van der Waals surface area contributed by atoms with E-state index in [1.165, 1.54) is 5.56 Å². The van der Waals surface area contributed by atoms with E-state index in [0.717, 1.165) is 47.3 Å². The lowest BCUT2D eigenvalue weighted by Gasteiger charge is -2.26. The second kappa shape index (κ2) is 18.1. The Hall–Kier alpha value is -4.34. The molecule has 6 heteroatoms. The van der Waals surface area contributed by atoms with Crippen molar-refractivity contribution in [2.75, 3.05) is 13.2 Å². The lowest BCUT2D eigenvalue weighted by atomic mass is 9.86. The van der Waals surface area contributed by atoms with E-state index in [0.29, 0.717) is 49.2 Å². The van der Waals surface area contributed by atoms with Gasteiger partial charge in [-0.05, 0) is 95.9 Å². The molecule has 0 spiro atoms. The van der Waals surface area contributed by atoms with Gasteiger partial charge in [0.2, 0.25) is 0 Å². The fraction of sp³-hybridized carbons (Fsp3) is 0.489. The number of rotatable bonds is 15. The van der Waals surface area contributed by atoms with Crippen molar-refractivity contribution in [3.05, 3.63) is 112 Å². The Morgan fingerprint density at radius 3 is 2.28 bits per heavy atom. The van der Waals surface area contributed by atoms with E-state index in [4.69, 9.17) is 18.9 Å². The molecule has 5 rings (SSSR count). The molecule has 0 N–H and O–H groups in total. The zero-order chi connectivity index (χ0) is 38.0. The van der Waals surface area contributed by atoms with Gasteiger partial charge >= 0.3 is 11.9 Å². The first-order chi connectivity index (χ1) is 25.3. The third-order valence-corrected chi connectivity index (χ3v) is 9.94. The van der Waals surface area contributed by atoms with Gasteiger partial charge in [-0.15, -0.1) is 0 Å². The summed E-state index contributed by atoms with van der Waals surface area (Å²) >= 11 is 0. The zero-order valence-corrected chi connectivity index (χ0v) is 32.8. The molecule has 0 unspecified atom stereocenters. The number of allylic oxidation sites excluding steroid dienone is 1. The van der Waals surface area contributed by atoms with Crippen LogP contribution in [0.1, 0.15) is 115 Å². The third-order valence-electron chi connectivity index (χ3n) is 9.94. The number of hydrogen-bond acceptors (Lipinski definition) is 6. The normalized spacial score (nSPS) is 18.9. The topological polar surface area (TPSA) is 71.1 Å². The van der Waals surface area contributed by atoms with Gasteiger partial charge in [0, 0.05) is 36.0 Å². The molecule has 0 aromatic heterocycles. The Bertz CT molecular complexity index is 1760. The highest BCUT2D eigenvalue weighted by Crippen LogP contribution is 2.35. The van der Waals surface area contributed by atoms with Crippen LogP contribution < -0.4 is 4.74 Å². The maximum Gasteiger partial charge on any atom is 0.334 e. The lowest BCUT2D eigenvalue weighted by Crippen LogP contribution is -2.40. The summed E-state index contributed by atoms with van der Waals surface area (Å²) in [6, 6.07) is 24.3. The number of esters is 2. The predicted octanol–water partition coefficient (Wildman–Crippen LogP) is 9.94. The van der Waals surface area contributed by atoms with E-state index < -0.39 is 5.60 Å². The minimum atomic E-state index is -1.06. The number of carbonyl (C=O) groups excluding carboxylic acids is 2. The molecule has 2 atom stereocenters. The summed E-state index contributed by atoms with van der Waals surface area (Å²) in [5, 5.41) is 0. The van der Waals surface area contributed by atoms with E-state index >= 15 is 0 Å². The average molecular weight is 719 g/mol. The number of fused-ring (bicyclic) bond motifs is 1. The molecule has 1 fully saturated rings. The van der Waals surface area contributed by atoms with Crippen LogP contribution in [0, 0.1) is 29.6 Å². The van der Waals surface area contributed by atoms with Crippen LogP contribution in [-0.4, -0.2) is 36.9 Å². The first-order valence-corrected chi connectivity index (χ1v) is 19.4. The standard InChI is InChI=1S/C47H58O6/c1-33(2)25-38(26-34(3)4)15-19-39-29-47(53-45(39)49,31-50-30-37-11-9-8-10-12-37)32-51-44(48)24-22-42-28-40-27-36(18-23-43(40)52-42)14-13-35-16-20-41(21-17-35)46(5,6)7/h8-12,16-21,23,27,33-34,38,42H,15,22,24-26,28-32H2,1-7H3/b39-19+/t42-,47-/m1/s1. The van der Waals surface area contributed by atoms with Gasteiger partial charge in [0.1, 0.15) is 18.5 Å². The maximum atomic E-state index is 13.2. The van der Waals surface area contributed by atoms with E-state index in [1.54, 1.807) is 0 Å². The lowest BCUT2D eigenvalue weighted by molar-refractivity contribution is -0.169. The number of benzene rings is 3. The largest absolute Gasteiger partial charge is 0.490 e. The summed E-state index contributed by atoms with van der Waals surface area (Å²) in [6.07, 6.45) is 6.73. The Morgan fingerprint density at radius 1 is 0.925 bits per heavy atom. The quantitative estimate of drug-likeness (QED) is 0.0885. The molecule has 0 amide bonds. The molecule has 2 heterocycles. The average Bonchev–Trinajstić information content (AvgIpc) is 3.67. The van der Waals surface area contributed by atoms with Crippen LogP contribution in [0.5, 0.6) is 5.75 Å². The first-order valence-electron chi connectivity index (χ1n) is 19.4. The molecule has 3 aromatic carbocycles. The monoisotopic (exact) mass is 718 g/mol. The van der Waals surface area contributed by atoms with Gasteiger partial charge in [0.15, 0.2) is 5.60 Å². The predicted molar refractivity (Wildman–Crippen MR) is 211 cm³/mol. The molecule has 0 aliphatic carbocycles. The van der Waals surface area contributed by atoms with Crippen molar-refractivity contribution < 1.29 is 28.5 Å². The highest BCUT2D eigenvalue weighted by atomic mass is 16.6. The molecule has 0 saturated carbocycles. The molecule has 2 aliphatic heterocycles. The van der Waals surface area contributed by atoms with E-state index in [9.17, 15) is 9.59 Å². The second-order valence-electron chi connectivity index (χ2n) is 16.9. The molecular formula is C47H58O6. The van der Waals surface area contributed by atoms with Crippen molar-refractivity contribution in [1.82, 2.24) is 0 Å². The van der Waals surface area contributed by atoms with E-state index in [-0.39, 0.29) is 43.1 Å². The molecule has 1 saturated heterocycles. The highest BCUT2D eigenvalue weighted by molar-refractivity contribution is 5.91. The van der Waals surface area contributed by atoms with Crippen LogP contribution in [-0.2, 0) is 42.2 Å². The minimum Gasteiger partial charge on any atom is -0.490 e. The SMILES string of the molecule is CC(C)CC(C/C=C1\C[C@@](COCc2ccccc2)(COC(=O)CC[C@@H]2Cc3cc(C#Cc4ccc(C(C)(C)C)cc4)ccc3O2)OC1=O)CC(C)C. The number of hydrogen-bond donors (Lipinski definition) is 0. The fourth-order valence-corrected chi connectivity index (χ4v) is 7.26. The van der Waals surface area contributed by atoms with Crippen molar-refractivity contribution in [2.24, 2.45) is 17.8 Å². The maximum absolute atomic E-state index is 13.2. The summed E-state index contributed by atoms with van der Waals surface area (Å²) in [5.74, 6) is 8.37. The van der Waals surface area contributed by atoms with Gasteiger partial charge < -0.3 is 18.9 Å². The van der Waals surface area contributed by atoms with Gasteiger partial charge in [0.05, 0.1) is 13.2 Å². The molecule has 6 nitrogen and oxygen atoms in total. The molecular weight excluding hydrogens is 661 g/mol. The fourth-order valence-electron chi connectivity index (χ4n) is 7.26. The van der Waals surface area contributed by atoms with Crippen molar-refractivity contribution in [1.29, 1.82) is 0 Å². The summed E-state index contributed by atoms with van der Waals surface area (Å²) < 4.78 is 24.1. The molecule has 3 aromatic rings. The Balaban J connectivity index is 1.16. The minimum absolute atomic E-state index is 0.0577. The Kier molecular flexibility index (Phi) is 13.6. The molecule has 0 bridgehead atoms. The number of ether oxygens (including phenoxy) is 4. The van der Waals surface area contributed by atoms with E-state index in [2.05, 4.69) is 96.7 Å². The second-order valence-corrected chi connectivity index (χ2v) is 16.9. The van der Waals surface area contributed by atoms with Gasteiger partial charge in [0.25, 0.3) is 0 Å². The highest BCUT2D eigenvalue weighted by Gasteiger charge is 2.45. The molecule has 0 radical (unpaired) electrons. The van der Waals surface area contributed by atoms with Crippen LogP contribution >= 0.6 is 0 Å². The third kappa shape index (κ3) is 12.1. The van der Waals surface area contributed by atoms with Crippen molar-refractivity contribution in [3.8, 4) is 17.6 Å². The van der Waals surface area contributed by atoms with Crippen molar-refractivity contribution >= 4 is 11.9 Å². The van der Waals surface area contributed by atoms with Crippen LogP contribution in [0.3, 0.4) is 0 Å². The summed E-state index contributed by atoms with van der Waals surface area (Å²) in [6.45, 7) is 16.0. The molecule has 53 heavy (non-hydrogen) atoms. The van der Waals surface area contributed by atoms with Gasteiger partial charge in [-0.3, -0.25) is 4.79 Å². The van der Waals surface area contributed by atoms with Crippen molar-refractivity contribution in [3.63, 3.8) is 0 Å². The van der Waals surface area contributed by atoms with Crippen LogP contribution in [0.25, 0.3) is 0 Å². The van der Waals surface area contributed by atoms with Crippen molar-refractivity contribution in [2.45, 2.75) is 117 Å². The van der Waals surface area contributed by atoms with Crippen LogP contribution in [0.2, 0.25) is 0 Å². The smallest absolute Gasteiger partial charge is 0.334 e. The van der Waals surface area contributed by atoms with Gasteiger partial charge in [-0.1, -0.05) is 109 Å². The van der Waals surface area contributed by atoms with Gasteiger partial charge in [-0.2, -0.15) is 0 Å². The zero-order valence-electron chi connectivity index (χ0n) is 32.8. The first kappa shape index (κ1) is 39.9. The summed E-state index contributed by atoms with van der Waals surface area (Å²) in [4.78, 5) is 26.3.